The molecule has 1 aromatic heterocycles. The number of ether oxygens (including phenoxy) is 1. The van der Waals surface area contributed by atoms with E-state index in [4.69, 9.17) is 4.74 Å². The number of anilines is 2. The van der Waals surface area contributed by atoms with Crippen LogP contribution in [0.2, 0.25) is 0 Å². The van der Waals surface area contributed by atoms with Crippen molar-refractivity contribution >= 4 is 28.2 Å². The molecule has 0 saturated carbocycles. The van der Waals surface area contributed by atoms with Crippen LogP contribution in [-0.2, 0) is 0 Å². The number of carbonyl (C=O) groups is 1. The van der Waals surface area contributed by atoms with Gasteiger partial charge in [0.15, 0.2) is 5.13 Å². The lowest BCUT2D eigenvalue weighted by molar-refractivity contribution is 0.262. The van der Waals surface area contributed by atoms with Crippen molar-refractivity contribution in [2.24, 2.45) is 0 Å². The first-order valence-electron chi connectivity index (χ1n) is 7.97. The Kier molecular flexibility index (Phi) is 5.30. The zero-order chi connectivity index (χ0) is 17.6. The summed E-state index contributed by atoms with van der Waals surface area (Å²) in [6, 6.07) is 16.4. The lowest BCUT2D eigenvalue weighted by atomic mass is 10.2. The largest absolute Gasteiger partial charge is 0.457 e. The van der Waals surface area contributed by atoms with Gasteiger partial charge in [-0.3, -0.25) is 5.32 Å². The minimum Gasteiger partial charge on any atom is -0.457 e. The van der Waals surface area contributed by atoms with Gasteiger partial charge >= 0.3 is 6.03 Å². The zero-order valence-corrected chi connectivity index (χ0v) is 14.8. The van der Waals surface area contributed by atoms with Crippen LogP contribution in [-0.4, -0.2) is 11.0 Å². The van der Waals surface area contributed by atoms with Gasteiger partial charge in [-0.05, 0) is 42.3 Å². The monoisotopic (exact) mass is 353 g/mol. The van der Waals surface area contributed by atoms with E-state index in [9.17, 15) is 4.79 Å². The van der Waals surface area contributed by atoms with Crippen molar-refractivity contribution in [3.63, 3.8) is 0 Å². The highest BCUT2D eigenvalue weighted by Gasteiger charge is 2.09. The number of amides is 2. The first kappa shape index (κ1) is 17.0. The fourth-order valence-corrected chi connectivity index (χ4v) is 2.92. The first-order valence-corrected chi connectivity index (χ1v) is 8.78. The number of carbonyl (C=O) groups excluding carboxylic acids is 1. The standard InChI is InChI=1S/C19H19N3O2S/c1-13(2)17-12-20-19(25-17)22-18(23)21-14-8-10-16(11-9-14)24-15-6-4-3-5-7-15/h3-13H,1-2H3,(H2,20,21,22,23). The van der Waals surface area contributed by atoms with Crippen LogP contribution >= 0.6 is 11.3 Å². The molecule has 0 spiro atoms. The number of hydrogen-bond acceptors (Lipinski definition) is 4. The van der Waals surface area contributed by atoms with Gasteiger partial charge in [0.2, 0.25) is 0 Å². The number of nitrogens with zero attached hydrogens (tertiary/aromatic N) is 1. The molecule has 0 atom stereocenters. The Bertz CT molecular complexity index is 829. The van der Waals surface area contributed by atoms with Gasteiger partial charge in [-0.15, -0.1) is 11.3 Å². The molecule has 3 rings (SSSR count). The van der Waals surface area contributed by atoms with Crippen molar-refractivity contribution in [1.82, 2.24) is 4.98 Å². The van der Waals surface area contributed by atoms with Gasteiger partial charge < -0.3 is 10.1 Å². The van der Waals surface area contributed by atoms with Crippen LogP contribution in [0.25, 0.3) is 0 Å². The molecule has 0 aliphatic heterocycles. The lowest BCUT2D eigenvalue weighted by Crippen LogP contribution is -2.19. The molecule has 25 heavy (non-hydrogen) atoms. The molecule has 0 fully saturated rings. The van der Waals surface area contributed by atoms with E-state index in [1.165, 1.54) is 11.3 Å². The van der Waals surface area contributed by atoms with Crippen LogP contribution in [0.1, 0.15) is 24.6 Å². The fourth-order valence-electron chi connectivity index (χ4n) is 2.10. The van der Waals surface area contributed by atoms with Crippen molar-refractivity contribution in [3.05, 3.63) is 65.7 Å². The number of benzene rings is 2. The maximum atomic E-state index is 12.1. The predicted molar refractivity (Wildman–Crippen MR) is 102 cm³/mol. The molecule has 0 aliphatic rings. The summed E-state index contributed by atoms with van der Waals surface area (Å²) in [7, 11) is 0. The van der Waals surface area contributed by atoms with Gasteiger partial charge in [-0.2, -0.15) is 0 Å². The molecule has 0 radical (unpaired) electrons. The molecule has 2 N–H and O–H groups in total. The summed E-state index contributed by atoms with van der Waals surface area (Å²) in [5.41, 5.74) is 0.679. The molecule has 0 saturated heterocycles. The summed E-state index contributed by atoms with van der Waals surface area (Å²) in [5, 5.41) is 6.12. The molecule has 2 amide bonds. The van der Waals surface area contributed by atoms with E-state index >= 15 is 0 Å². The number of thiazole rings is 1. The molecule has 0 unspecified atom stereocenters. The predicted octanol–water partition coefficient (Wildman–Crippen LogP) is 5.70. The zero-order valence-electron chi connectivity index (χ0n) is 14.0. The third kappa shape index (κ3) is 4.81. The molecule has 128 valence electrons. The normalized spacial score (nSPS) is 10.5. The molecule has 0 bridgehead atoms. The van der Waals surface area contributed by atoms with Crippen LogP contribution in [0, 0.1) is 0 Å². The number of urea groups is 1. The van der Waals surface area contributed by atoms with Crippen molar-refractivity contribution in [2.75, 3.05) is 10.6 Å². The quantitative estimate of drug-likeness (QED) is 0.618. The topological polar surface area (TPSA) is 63.2 Å². The smallest absolute Gasteiger partial charge is 0.325 e. The van der Waals surface area contributed by atoms with E-state index in [-0.39, 0.29) is 6.03 Å². The highest BCUT2D eigenvalue weighted by molar-refractivity contribution is 7.15. The molecule has 3 aromatic rings. The summed E-state index contributed by atoms with van der Waals surface area (Å²) in [6.07, 6.45) is 1.79. The minimum atomic E-state index is -0.318. The Morgan fingerprint density at radius 1 is 1.00 bits per heavy atom. The van der Waals surface area contributed by atoms with Gasteiger partial charge in [-0.1, -0.05) is 32.0 Å². The number of nitrogens with one attached hydrogen (secondary N) is 2. The average Bonchev–Trinajstić information content (AvgIpc) is 3.06. The molecular formula is C19H19N3O2S. The molecular weight excluding hydrogens is 334 g/mol. The van der Waals surface area contributed by atoms with E-state index in [0.29, 0.717) is 22.5 Å². The SMILES string of the molecule is CC(C)c1cnc(NC(=O)Nc2ccc(Oc3ccccc3)cc2)s1. The molecule has 6 heteroatoms. The van der Waals surface area contributed by atoms with Gasteiger partial charge in [0.05, 0.1) is 0 Å². The second-order valence-corrected chi connectivity index (χ2v) is 6.80. The number of hydrogen-bond donors (Lipinski definition) is 2. The highest BCUT2D eigenvalue weighted by atomic mass is 32.1. The Balaban J connectivity index is 1.56. The maximum Gasteiger partial charge on any atom is 0.325 e. The third-order valence-corrected chi connectivity index (χ3v) is 4.62. The molecule has 5 nitrogen and oxygen atoms in total. The molecule has 1 heterocycles. The summed E-state index contributed by atoms with van der Waals surface area (Å²) >= 11 is 1.48. The molecule has 2 aromatic carbocycles. The second-order valence-electron chi connectivity index (χ2n) is 5.74. The lowest BCUT2D eigenvalue weighted by Gasteiger charge is -2.08. The van der Waals surface area contributed by atoms with Crippen LogP contribution in [0.3, 0.4) is 0 Å². The molecule has 0 aliphatic carbocycles. The Labute approximate surface area is 150 Å². The number of rotatable bonds is 5. The van der Waals surface area contributed by atoms with Crippen molar-refractivity contribution in [2.45, 2.75) is 19.8 Å². The van der Waals surface area contributed by atoms with Gasteiger partial charge in [0.25, 0.3) is 0 Å². The first-order chi connectivity index (χ1) is 12.1. The summed E-state index contributed by atoms with van der Waals surface area (Å²) in [5.74, 6) is 1.87. The number of para-hydroxylation sites is 1. The highest BCUT2D eigenvalue weighted by Crippen LogP contribution is 2.26. The third-order valence-electron chi connectivity index (χ3n) is 3.40. The second kappa shape index (κ2) is 7.81. The van der Waals surface area contributed by atoms with Gasteiger partial charge in [-0.25, -0.2) is 9.78 Å². The van der Waals surface area contributed by atoms with Crippen molar-refractivity contribution < 1.29 is 9.53 Å². The summed E-state index contributed by atoms with van der Waals surface area (Å²) in [4.78, 5) is 17.4. The summed E-state index contributed by atoms with van der Waals surface area (Å²) < 4.78 is 5.72. The Morgan fingerprint density at radius 2 is 1.68 bits per heavy atom. The van der Waals surface area contributed by atoms with E-state index in [1.807, 2.05) is 42.5 Å². The van der Waals surface area contributed by atoms with Crippen molar-refractivity contribution in [3.8, 4) is 11.5 Å². The fraction of sp³-hybridized carbons (Fsp3) is 0.158. The number of aromatic nitrogens is 1. The van der Waals surface area contributed by atoms with Crippen LogP contribution < -0.4 is 15.4 Å². The van der Waals surface area contributed by atoms with E-state index < -0.39 is 0 Å². The van der Waals surface area contributed by atoms with Crippen LogP contribution in [0.5, 0.6) is 11.5 Å². The van der Waals surface area contributed by atoms with Crippen molar-refractivity contribution in [1.29, 1.82) is 0 Å². The van der Waals surface area contributed by atoms with Crippen LogP contribution in [0.15, 0.2) is 60.8 Å². The maximum absolute atomic E-state index is 12.1. The Hall–Kier alpha value is -2.86. The van der Waals surface area contributed by atoms with Crippen LogP contribution in [0.4, 0.5) is 15.6 Å². The Morgan fingerprint density at radius 3 is 2.32 bits per heavy atom. The van der Waals surface area contributed by atoms with E-state index in [0.717, 1.165) is 10.6 Å². The minimum absolute atomic E-state index is 0.318. The summed E-state index contributed by atoms with van der Waals surface area (Å²) in [6.45, 7) is 4.19. The average molecular weight is 353 g/mol. The van der Waals surface area contributed by atoms with E-state index in [1.54, 1.807) is 18.3 Å². The van der Waals surface area contributed by atoms with Gasteiger partial charge in [0.1, 0.15) is 11.5 Å². The van der Waals surface area contributed by atoms with E-state index in [2.05, 4.69) is 29.5 Å². The van der Waals surface area contributed by atoms with Gasteiger partial charge in [0, 0.05) is 16.8 Å².